The predicted molar refractivity (Wildman–Crippen MR) is 87.0 cm³/mol. The zero-order valence-corrected chi connectivity index (χ0v) is 13.5. The summed E-state index contributed by atoms with van der Waals surface area (Å²) >= 11 is 0. The lowest BCUT2D eigenvalue weighted by Gasteiger charge is -2.23. The van der Waals surface area contributed by atoms with Crippen molar-refractivity contribution < 1.29 is 18.7 Å². The normalized spacial score (nSPS) is 11.8. The van der Waals surface area contributed by atoms with E-state index in [0.717, 1.165) is 5.56 Å². The molecule has 1 heterocycles. The Morgan fingerprint density at radius 1 is 1.04 bits per heavy atom. The van der Waals surface area contributed by atoms with Gasteiger partial charge in [0, 0.05) is 5.56 Å². The number of benzene rings is 2. The molecule has 0 aliphatic rings. The van der Waals surface area contributed by atoms with Gasteiger partial charge in [0.2, 0.25) is 5.58 Å². The molecule has 1 aromatic heterocycles. The van der Waals surface area contributed by atoms with Crippen LogP contribution in [0.3, 0.4) is 0 Å². The Hall–Kier alpha value is -2.69. The molecule has 3 aromatic rings. The molecular weight excluding hydrogens is 296 g/mol. The summed E-state index contributed by atoms with van der Waals surface area (Å²) < 4.78 is 16.2. The second kappa shape index (κ2) is 5.19. The van der Waals surface area contributed by atoms with E-state index in [0.29, 0.717) is 16.9 Å². The highest BCUT2D eigenvalue weighted by Gasteiger charge is 2.27. The first-order chi connectivity index (χ1) is 10.8. The molecule has 5 nitrogen and oxygen atoms in total. The summed E-state index contributed by atoms with van der Waals surface area (Å²) in [6.45, 7) is 7.34. The number of phenols is 1. The maximum absolute atomic E-state index is 11.6. The second-order valence-corrected chi connectivity index (χ2v) is 6.37. The summed E-state index contributed by atoms with van der Waals surface area (Å²) in [7, 11) is 0. The fourth-order valence-corrected chi connectivity index (χ4v) is 2.47. The van der Waals surface area contributed by atoms with Gasteiger partial charge in [-0.1, -0.05) is 30.3 Å². The van der Waals surface area contributed by atoms with Gasteiger partial charge in [-0.15, -0.1) is 0 Å². The van der Waals surface area contributed by atoms with Gasteiger partial charge in [0.05, 0.1) is 5.56 Å². The van der Waals surface area contributed by atoms with Gasteiger partial charge in [-0.2, -0.15) is 0 Å². The first kappa shape index (κ1) is 15.2. The average molecular weight is 314 g/mol. The Morgan fingerprint density at radius 2 is 1.65 bits per heavy atom. The van der Waals surface area contributed by atoms with E-state index in [9.17, 15) is 9.90 Å². The smallest absolute Gasteiger partial charge is 0.507 e. The number of phenolic OH excluding ortho intramolecular Hbond substituents is 1. The minimum atomic E-state index is -0.832. The molecule has 120 valence electrons. The van der Waals surface area contributed by atoms with Gasteiger partial charge in [-0.3, -0.25) is 0 Å². The molecule has 2 aromatic carbocycles. The third kappa shape index (κ3) is 2.70. The Bertz CT molecular complexity index is 910. The number of rotatable bonds is 2. The standard InChI is InChI=1S/C18H18O5/c1-10-13(19)12(11-8-6-5-7-9-11)15-16(22-17(20)21-15)14(10)23-18(2,3)4/h5-9,19H,1-4H3. The van der Waals surface area contributed by atoms with Crippen LogP contribution in [0.1, 0.15) is 26.3 Å². The number of fused-ring (bicyclic) bond motifs is 1. The lowest BCUT2D eigenvalue weighted by atomic mass is 9.99. The number of ether oxygens (including phenoxy) is 1. The van der Waals surface area contributed by atoms with Gasteiger partial charge in [-0.05, 0) is 33.3 Å². The van der Waals surface area contributed by atoms with E-state index in [4.69, 9.17) is 13.6 Å². The van der Waals surface area contributed by atoms with Crippen molar-refractivity contribution in [2.45, 2.75) is 33.3 Å². The van der Waals surface area contributed by atoms with Gasteiger partial charge >= 0.3 is 5.82 Å². The first-order valence-corrected chi connectivity index (χ1v) is 7.31. The highest BCUT2D eigenvalue weighted by atomic mass is 16.6. The zero-order chi connectivity index (χ0) is 16.8. The predicted octanol–water partition coefficient (Wildman–Crippen LogP) is 4.24. The van der Waals surface area contributed by atoms with Gasteiger partial charge in [-0.25, -0.2) is 4.79 Å². The molecule has 1 N–H and O–H groups in total. The fourth-order valence-electron chi connectivity index (χ4n) is 2.47. The van der Waals surface area contributed by atoms with E-state index in [-0.39, 0.29) is 16.9 Å². The lowest BCUT2D eigenvalue weighted by Crippen LogP contribution is -2.23. The largest absolute Gasteiger partial charge is 0.519 e. The monoisotopic (exact) mass is 314 g/mol. The van der Waals surface area contributed by atoms with E-state index in [1.807, 2.05) is 51.1 Å². The van der Waals surface area contributed by atoms with Crippen LogP contribution in [0.5, 0.6) is 11.5 Å². The van der Waals surface area contributed by atoms with Gasteiger partial charge in [0.1, 0.15) is 11.4 Å². The van der Waals surface area contributed by atoms with Crippen molar-refractivity contribution in [3.63, 3.8) is 0 Å². The van der Waals surface area contributed by atoms with Gasteiger partial charge < -0.3 is 18.7 Å². The second-order valence-electron chi connectivity index (χ2n) is 6.37. The van der Waals surface area contributed by atoms with Gasteiger partial charge in [0.25, 0.3) is 0 Å². The first-order valence-electron chi connectivity index (χ1n) is 7.31. The van der Waals surface area contributed by atoms with Crippen molar-refractivity contribution in [2.24, 2.45) is 0 Å². The van der Waals surface area contributed by atoms with Crippen molar-refractivity contribution in [2.75, 3.05) is 0 Å². The third-order valence-electron chi connectivity index (χ3n) is 3.41. The van der Waals surface area contributed by atoms with Crippen molar-refractivity contribution in [1.82, 2.24) is 0 Å². The SMILES string of the molecule is Cc1c(O)c(-c2ccccc2)c2oc(=O)oc2c1OC(C)(C)C. The highest BCUT2D eigenvalue weighted by Crippen LogP contribution is 2.45. The van der Waals surface area contributed by atoms with Crippen molar-refractivity contribution >= 4 is 11.2 Å². The molecule has 0 aliphatic carbocycles. The van der Waals surface area contributed by atoms with Crippen LogP contribution < -0.4 is 10.6 Å². The molecule has 0 atom stereocenters. The Morgan fingerprint density at radius 3 is 2.26 bits per heavy atom. The molecule has 5 heteroatoms. The van der Waals surface area contributed by atoms with Crippen LogP contribution in [0.4, 0.5) is 0 Å². The minimum absolute atomic E-state index is 0.00694. The van der Waals surface area contributed by atoms with Crippen LogP contribution in [0.2, 0.25) is 0 Å². The molecule has 23 heavy (non-hydrogen) atoms. The van der Waals surface area contributed by atoms with Crippen LogP contribution in [0, 0.1) is 6.92 Å². The van der Waals surface area contributed by atoms with E-state index in [1.165, 1.54) is 0 Å². The lowest BCUT2D eigenvalue weighted by molar-refractivity contribution is 0.130. The number of hydrogen-bond acceptors (Lipinski definition) is 5. The van der Waals surface area contributed by atoms with E-state index >= 15 is 0 Å². The molecule has 0 unspecified atom stereocenters. The van der Waals surface area contributed by atoms with Crippen molar-refractivity contribution in [1.29, 1.82) is 0 Å². The maximum atomic E-state index is 11.6. The summed E-state index contributed by atoms with van der Waals surface area (Å²) in [5, 5.41) is 10.7. The quantitative estimate of drug-likeness (QED) is 0.765. The number of hydrogen-bond donors (Lipinski definition) is 1. The number of aromatic hydroxyl groups is 1. The Labute approximate surface area is 133 Å². The molecule has 0 bridgehead atoms. The average Bonchev–Trinajstić information content (AvgIpc) is 2.85. The van der Waals surface area contributed by atoms with Crippen LogP contribution in [0.25, 0.3) is 22.3 Å². The van der Waals surface area contributed by atoms with Crippen molar-refractivity contribution in [3.8, 4) is 22.6 Å². The molecular formula is C18H18O5. The van der Waals surface area contributed by atoms with Crippen LogP contribution in [0.15, 0.2) is 44.0 Å². The summed E-state index contributed by atoms with van der Waals surface area (Å²) in [6, 6.07) is 9.20. The third-order valence-corrected chi connectivity index (χ3v) is 3.41. The van der Waals surface area contributed by atoms with E-state index in [2.05, 4.69) is 0 Å². The molecule has 0 fully saturated rings. The zero-order valence-electron chi connectivity index (χ0n) is 13.5. The Balaban J connectivity index is 2.39. The Kier molecular flexibility index (Phi) is 3.43. The van der Waals surface area contributed by atoms with Gasteiger partial charge in [0.15, 0.2) is 11.3 Å². The van der Waals surface area contributed by atoms with Crippen LogP contribution >= 0.6 is 0 Å². The van der Waals surface area contributed by atoms with Crippen molar-refractivity contribution in [3.05, 3.63) is 46.5 Å². The minimum Gasteiger partial charge on any atom is -0.507 e. The molecule has 0 saturated heterocycles. The summed E-state index contributed by atoms with van der Waals surface area (Å²) in [6.07, 6.45) is 0. The molecule has 0 saturated carbocycles. The summed E-state index contributed by atoms with van der Waals surface area (Å²) in [5.41, 5.74) is 1.52. The van der Waals surface area contributed by atoms with Crippen LogP contribution in [-0.2, 0) is 0 Å². The van der Waals surface area contributed by atoms with E-state index < -0.39 is 11.4 Å². The summed E-state index contributed by atoms with van der Waals surface area (Å²) in [5.74, 6) is -0.510. The summed E-state index contributed by atoms with van der Waals surface area (Å²) in [4.78, 5) is 11.6. The molecule has 0 amide bonds. The topological polar surface area (TPSA) is 72.8 Å². The molecule has 0 spiro atoms. The van der Waals surface area contributed by atoms with Crippen LogP contribution in [-0.4, -0.2) is 10.7 Å². The maximum Gasteiger partial charge on any atom is 0.519 e. The fraction of sp³-hybridized carbons (Fsp3) is 0.278. The molecule has 0 radical (unpaired) electrons. The molecule has 3 rings (SSSR count). The molecule has 0 aliphatic heterocycles. The highest BCUT2D eigenvalue weighted by molar-refractivity contribution is 5.97. The van der Waals surface area contributed by atoms with E-state index in [1.54, 1.807) is 6.92 Å².